The molecule has 0 amide bonds. The molecule has 0 radical (unpaired) electrons. The highest BCUT2D eigenvalue weighted by atomic mass is 16.5. The molecule has 2 nitrogen and oxygen atoms in total. The number of anilines is 3. The maximum Gasteiger partial charge on any atom is 0.132 e. The fourth-order valence-electron chi connectivity index (χ4n) is 9.30. The van der Waals surface area contributed by atoms with E-state index in [9.17, 15) is 0 Å². The van der Waals surface area contributed by atoms with Gasteiger partial charge < -0.3 is 9.64 Å². The van der Waals surface area contributed by atoms with Crippen molar-refractivity contribution in [1.82, 2.24) is 0 Å². The lowest BCUT2D eigenvalue weighted by Crippen LogP contribution is -2.32. The molecule has 8 aromatic carbocycles. The summed E-state index contributed by atoms with van der Waals surface area (Å²) in [5.41, 5.74) is 15.0. The van der Waals surface area contributed by atoms with E-state index in [-0.39, 0.29) is 0 Å². The van der Waals surface area contributed by atoms with Gasteiger partial charge in [0, 0.05) is 27.9 Å². The van der Waals surface area contributed by atoms with Crippen molar-refractivity contribution in [3.63, 3.8) is 0 Å². The van der Waals surface area contributed by atoms with Crippen LogP contribution >= 0.6 is 0 Å². The van der Waals surface area contributed by atoms with Crippen LogP contribution in [0.5, 0.6) is 11.5 Å². The summed E-state index contributed by atoms with van der Waals surface area (Å²) in [7, 11) is 0. The Morgan fingerprint density at radius 1 is 0.455 bits per heavy atom. The van der Waals surface area contributed by atoms with Crippen molar-refractivity contribution < 1.29 is 4.74 Å². The Hall–Kier alpha value is -6.90. The zero-order chi connectivity index (χ0) is 36.3. The second-order valence-electron chi connectivity index (χ2n) is 14.7. The number of hydrogen-bond acceptors (Lipinski definition) is 2. The number of nitrogens with zero attached hydrogens (tertiary/aromatic N) is 1. The number of fused-ring (bicyclic) bond motifs is 10. The average molecular weight is 704 g/mol. The minimum Gasteiger partial charge on any atom is -0.457 e. The quantitative estimate of drug-likeness (QED) is 0.177. The van der Waals surface area contributed by atoms with Crippen LogP contribution in [0, 0.1) is 0 Å². The zero-order valence-electron chi connectivity index (χ0n) is 30.3. The molecule has 1 aliphatic heterocycles. The Bertz CT molecular complexity index is 2840. The predicted octanol–water partition coefficient (Wildman–Crippen LogP) is 14.2. The Labute approximate surface area is 321 Å². The minimum atomic E-state index is -0.606. The van der Waals surface area contributed by atoms with Crippen LogP contribution in [-0.2, 0) is 5.41 Å². The normalized spacial score (nSPS) is 16.1. The van der Waals surface area contributed by atoms with E-state index in [0.29, 0.717) is 0 Å². The molecule has 3 aliphatic rings. The molecule has 0 N–H and O–H groups in total. The fourth-order valence-corrected chi connectivity index (χ4v) is 9.30. The molecule has 0 fully saturated rings. The Morgan fingerprint density at radius 3 is 2.04 bits per heavy atom. The van der Waals surface area contributed by atoms with Crippen LogP contribution in [0.1, 0.15) is 40.7 Å². The summed E-state index contributed by atoms with van der Waals surface area (Å²) in [5.74, 6) is 1.78. The van der Waals surface area contributed by atoms with Gasteiger partial charge in [-0.15, -0.1) is 0 Å². The van der Waals surface area contributed by atoms with E-state index in [1.54, 1.807) is 0 Å². The lowest BCUT2D eigenvalue weighted by Gasteiger charge is -2.40. The average Bonchev–Trinajstić information content (AvgIpc) is 3.54. The fraction of sp³-hybridized carbons (Fsp3) is 0.0566. The van der Waals surface area contributed by atoms with Gasteiger partial charge in [0.15, 0.2) is 0 Å². The van der Waals surface area contributed by atoms with Crippen molar-refractivity contribution >= 4 is 33.4 Å². The maximum absolute atomic E-state index is 6.79. The molecule has 11 rings (SSSR count). The number of para-hydroxylation sites is 1. The number of rotatable bonds is 5. The minimum absolute atomic E-state index is 0.606. The van der Waals surface area contributed by atoms with Gasteiger partial charge in [0.2, 0.25) is 0 Å². The first kappa shape index (κ1) is 31.6. The molecular formula is C53H37NO. The molecule has 55 heavy (non-hydrogen) atoms. The Balaban J connectivity index is 1.18. The topological polar surface area (TPSA) is 12.5 Å². The van der Waals surface area contributed by atoms with E-state index < -0.39 is 5.41 Å². The number of allylic oxidation sites excluding steroid dienone is 4. The summed E-state index contributed by atoms with van der Waals surface area (Å²) in [6.07, 6.45) is 9.07. The second kappa shape index (κ2) is 12.6. The van der Waals surface area contributed by atoms with E-state index >= 15 is 0 Å². The van der Waals surface area contributed by atoms with Crippen molar-refractivity contribution in [2.75, 3.05) is 4.90 Å². The summed E-state index contributed by atoms with van der Waals surface area (Å²) >= 11 is 0. The lowest BCUT2D eigenvalue weighted by atomic mass is 9.65. The van der Waals surface area contributed by atoms with E-state index in [4.69, 9.17) is 4.74 Å². The van der Waals surface area contributed by atoms with Gasteiger partial charge in [-0.2, -0.15) is 0 Å². The number of ether oxygens (including phenoxy) is 1. The summed E-state index contributed by atoms with van der Waals surface area (Å²) in [6.45, 7) is 0. The molecule has 8 aromatic rings. The molecule has 260 valence electrons. The smallest absolute Gasteiger partial charge is 0.132 e. The molecule has 0 saturated heterocycles. The highest BCUT2D eigenvalue weighted by Gasteiger charge is 2.51. The molecule has 1 spiro atoms. The summed E-state index contributed by atoms with van der Waals surface area (Å²) in [6, 6.07) is 66.6. The summed E-state index contributed by atoms with van der Waals surface area (Å²) in [4.78, 5) is 2.45. The van der Waals surface area contributed by atoms with Crippen LogP contribution < -0.4 is 9.64 Å². The van der Waals surface area contributed by atoms with Crippen LogP contribution in [0.25, 0.3) is 38.6 Å². The first-order chi connectivity index (χ1) is 27.3. The van der Waals surface area contributed by atoms with Crippen LogP contribution in [0.3, 0.4) is 0 Å². The molecule has 0 saturated carbocycles. The van der Waals surface area contributed by atoms with Crippen molar-refractivity contribution in [2.24, 2.45) is 0 Å². The second-order valence-corrected chi connectivity index (χ2v) is 14.7. The molecule has 0 bridgehead atoms. The van der Waals surface area contributed by atoms with Crippen LogP contribution in [0.15, 0.2) is 200 Å². The SMILES string of the molecule is C1=CC(c2ccc(N(c3ccc4c(c3)C3(c5ccccc5Oc5ccc(-c6ccccc6)cc53)c3ccccc3-4)c3cccc4ccccc34)cc2)=CCC1. The Kier molecular flexibility index (Phi) is 7.25. The third-order valence-corrected chi connectivity index (χ3v) is 11.7. The molecule has 1 heterocycles. The van der Waals surface area contributed by atoms with Gasteiger partial charge in [-0.3, -0.25) is 0 Å². The molecule has 2 aliphatic carbocycles. The maximum atomic E-state index is 6.79. The third-order valence-electron chi connectivity index (χ3n) is 11.7. The molecule has 1 atom stereocenters. The highest BCUT2D eigenvalue weighted by Crippen LogP contribution is 2.63. The molecule has 2 heteroatoms. The van der Waals surface area contributed by atoms with E-state index in [0.717, 1.165) is 52.5 Å². The van der Waals surface area contributed by atoms with E-state index in [1.165, 1.54) is 55.3 Å². The predicted molar refractivity (Wildman–Crippen MR) is 228 cm³/mol. The van der Waals surface area contributed by atoms with Gasteiger partial charge in [-0.1, -0.05) is 152 Å². The van der Waals surface area contributed by atoms with Gasteiger partial charge in [-0.05, 0) is 111 Å². The third kappa shape index (κ3) is 4.88. The first-order valence-electron chi connectivity index (χ1n) is 19.2. The van der Waals surface area contributed by atoms with Crippen molar-refractivity contribution in [1.29, 1.82) is 0 Å². The van der Waals surface area contributed by atoms with E-state index in [1.807, 2.05) is 0 Å². The highest BCUT2D eigenvalue weighted by molar-refractivity contribution is 6.00. The van der Waals surface area contributed by atoms with Gasteiger partial charge in [0.05, 0.1) is 11.1 Å². The molecule has 1 unspecified atom stereocenters. The van der Waals surface area contributed by atoms with E-state index in [2.05, 4.69) is 205 Å². The Morgan fingerprint density at radius 2 is 1.16 bits per heavy atom. The summed E-state index contributed by atoms with van der Waals surface area (Å²) < 4.78 is 6.79. The van der Waals surface area contributed by atoms with Crippen molar-refractivity contribution in [3.8, 4) is 33.8 Å². The van der Waals surface area contributed by atoms with Gasteiger partial charge >= 0.3 is 0 Å². The van der Waals surface area contributed by atoms with Gasteiger partial charge in [-0.25, -0.2) is 0 Å². The summed E-state index contributed by atoms with van der Waals surface area (Å²) in [5, 5.41) is 2.42. The van der Waals surface area contributed by atoms with Crippen LogP contribution in [-0.4, -0.2) is 0 Å². The van der Waals surface area contributed by atoms with Gasteiger partial charge in [0.1, 0.15) is 11.5 Å². The lowest BCUT2D eigenvalue weighted by molar-refractivity contribution is 0.436. The monoisotopic (exact) mass is 703 g/mol. The first-order valence-corrected chi connectivity index (χ1v) is 19.2. The van der Waals surface area contributed by atoms with Gasteiger partial charge in [0.25, 0.3) is 0 Å². The standard InChI is InChI=1S/C53H37NO/c1-3-14-36(15-4-1)38-26-29-41(30-27-38)54(50-24-13-19-39-18-7-8-20-43(39)50)42-31-32-45-44-21-9-10-22-46(44)53(48(45)35-42)47-23-11-12-25-51(47)55-52-33-28-40(34-49(52)53)37-16-5-2-6-17-37/h2-3,5-35H,1,4H2. The van der Waals surface area contributed by atoms with Crippen LogP contribution in [0.2, 0.25) is 0 Å². The van der Waals surface area contributed by atoms with Crippen molar-refractivity contribution in [3.05, 3.63) is 228 Å². The zero-order valence-corrected chi connectivity index (χ0v) is 30.3. The number of benzene rings is 8. The molecule has 0 aromatic heterocycles. The molecular weight excluding hydrogens is 667 g/mol. The number of hydrogen-bond donors (Lipinski definition) is 0. The largest absolute Gasteiger partial charge is 0.457 e. The van der Waals surface area contributed by atoms with Crippen molar-refractivity contribution in [2.45, 2.75) is 18.3 Å². The van der Waals surface area contributed by atoms with Crippen LogP contribution in [0.4, 0.5) is 17.1 Å².